The van der Waals surface area contributed by atoms with E-state index in [-0.39, 0.29) is 6.04 Å². The summed E-state index contributed by atoms with van der Waals surface area (Å²) in [6.45, 7) is 5.05. The second kappa shape index (κ2) is 6.95. The number of hydrogen-bond acceptors (Lipinski definition) is 1. The predicted molar refractivity (Wildman–Crippen MR) is 72.3 cm³/mol. The normalized spacial score (nSPS) is 13.2. The lowest BCUT2D eigenvalue weighted by Gasteiger charge is -2.15. The summed E-state index contributed by atoms with van der Waals surface area (Å²) < 4.78 is 0. The van der Waals surface area contributed by atoms with E-state index in [0.717, 1.165) is 18.5 Å². The quantitative estimate of drug-likeness (QED) is 0.600. The van der Waals surface area contributed by atoms with Crippen molar-refractivity contribution in [2.75, 3.05) is 6.54 Å². The van der Waals surface area contributed by atoms with Crippen LogP contribution in [0.4, 0.5) is 0 Å². The van der Waals surface area contributed by atoms with Gasteiger partial charge in [0.05, 0.1) is 10.0 Å². The molecule has 1 rings (SSSR count). The molecule has 16 heavy (non-hydrogen) atoms. The highest BCUT2D eigenvalue weighted by Gasteiger charge is 2.10. The Morgan fingerprint density at radius 3 is 2.81 bits per heavy atom. The van der Waals surface area contributed by atoms with E-state index in [9.17, 15) is 0 Å². The molecule has 0 aliphatic heterocycles. The third kappa shape index (κ3) is 3.82. The van der Waals surface area contributed by atoms with Crippen LogP contribution in [-0.2, 0) is 0 Å². The first-order valence-corrected chi connectivity index (χ1v) is 6.21. The van der Waals surface area contributed by atoms with Crippen molar-refractivity contribution in [3.8, 4) is 0 Å². The number of hydrogen-bond donors (Lipinski definition) is 1. The molecular weight excluding hydrogens is 241 g/mol. The molecule has 0 amide bonds. The Kier molecular flexibility index (Phi) is 5.89. The number of allylic oxidation sites excluding steroid dienone is 1. The van der Waals surface area contributed by atoms with Crippen LogP contribution < -0.4 is 5.32 Å². The van der Waals surface area contributed by atoms with Gasteiger partial charge in [-0.25, -0.2) is 0 Å². The Balaban J connectivity index is 2.59. The van der Waals surface area contributed by atoms with Crippen LogP contribution in [0.5, 0.6) is 0 Å². The molecule has 0 radical (unpaired) electrons. The minimum absolute atomic E-state index is 0.219. The Bertz CT molecular complexity index is 361. The van der Waals surface area contributed by atoms with Crippen LogP contribution in [-0.4, -0.2) is 6.54 Å². The average Bonchev–Trinajstić information content (AvgIpc) is 2.28. The van der Waals surface area contributed by atoms with Crippen molar-refractivity contribution in [2.24, 2.45) is 0 Å². The van der Waals surface area contributed by atoms with Crippen LogP contribution in [0.15, 0.2) is 30.4 Å². The van der Waals surface area contributed by atoms with Crippen molar-refractivity contribution >= 4 is 23.2 Å². The van der Waals surface area contributed by atoms with Gasteiger partial charge < -0.3 is 5.32 Å². The van der Waals surface area contributed by atoms with E-state index in [1.165, 1.54) is 0 Å². The number of nitrogens with one attached hydrogen (secondary N) is 1. The molecule has 1 N–H and O–H groups in total. The molecule has 1 aromatic carbocycles. The highest BCUT2D eigenvalue weighted by Crippen LogP contribution is 2.29. The van der Waals surface area contributed by atoms with Gasteiger partial charge >= 0.3 is 0 Å². The van der Waals surface area contributed by atoms with Gasteiger partial charge in [-0.05, 0) is 38.4 Å². The van der Waals surface area contributed by atoms with E-state index in [1.807, 2.05) is 19.1 Å². The van der Waals surface area contributed by atoms with Gasteiger partial charge in [0.1, 0.15) is 0 Å². The number of benzene rings is 1. The molecule has 0 spiro atoms. The van der Waals surface area contributed by atoms with Crippen molar-refractivity contribution in [3.05, 3.63) is 46.0 Å². The largest absolute Gasteiger partial charge is 0.310 e. The van der Waals surface area contributed by atoms with Crippen LogP contribution in [0.25, 0.3) is 0 Å². The predicted octanol–water partition coefficient (Wildman–Crippen LogP) is 4.61. The Morgan fingerprint density at radius 1 is 1.38 bits per heavy atom. The first-order chi connectivity index (χ1) is 7.66. The maximum Gasteiger partial charge on any atom is 0.0639 e. The highest BCUT2D eigenvalue weighted by molar-refractivity contribution is 6.42. The molecular formula is C13H17Cl2N. The second-order valence-corrected chi connectivity index (χ2v) is 4.46. The van der Waals surface area contributed by atoms with Gasteiger partial charge in [-0.1, -0.05) is 47.5 Å². The Morgan fingerprint density at radius 2 is 2.12 bits per heavy atom. The zero-order chi connectivity index (χ0) is 12.0. The van der Waals surface area contributed by atoms with Crippen molar-refractivity contribution < 1.29 is 0 Å². The van der Waals surface area contributed by atoms with Crippen LogP contribution in [0.2, 0.25) is 10.0 Å². The molecule has 1 atom stereocenters. The van der Waals surface area contributed by atoms with Crippen molar-refractivity contribution in [1.82, 2.24) is 5.32 Å². The first-order valence-electron chi connectivity index (χ1n) is 5.45. The molecule has 0 heterocycles. The standard InChI is InChI=1S/C13H17Cl2N/c1-3-4-5-9-16-10(2)11-7-6-8-12(14)13(11)15/h3-4,6-8,10,16H,5,9H2,1-2H3/b4-3+. The van der Waals surface area contributed by atoms with Gasteiger partial charge in [0.25, 0.3) is 0 Å². The minimum Gasteiger partial charge on any atom is -0.310 e. The van der Waals surface area contributed by atoms with Gasteiger partial charge in [0.2, 0.25) is 0 Å². The third-order valence-electron chi connectivity index (χ3n) is 2.45. The molecule has 0 bridgehead atoms. The summed E-state index contributed by atoms with van der Waals surface area (Å²) in [4.78, 5) is 0. The molecule has 0 aliphatic carbocycles. The fourth-order valence-electron chi connectivity index (χ4n) is 1.51. The minimum atomic E-state index is 0.219. The summed E-state index contributed by atoms with van der Waals surface area (Å²) in [6, 6.07) is 5.95. The summed E-state index contributed by atoms with van der Waals surface area (Å²) in [7, 11) is 0. The lowest BCUT2D eigenvalue weighted by atomic mass is 10.1. The van der Waals surface area contributed by atoms with E-state index in [0.29, 0.717) is 10.0 Å². The fourth-order valence-corrected chi connectivity index (χ4v) is 1.99. The molecule has 0 saturated carbocycles. The van der Waals surface area contributed by atoms with Gasteiger partial charge in [-0.2, -0.15) is 0 Å². The molecule has 1 aromatic rings. The van der Waals surface area contributed by atoms with Gasteiger partial charge in [0.15, 0.2) is 0 Å². The molecule has 0 fully saturated rings. The zero-order valence-corrected chi connectivity index (χ0v) is 11.1. The highest BCUT2D eigenvalue weighted by atomic mass is 35.5. The SMILES string of the molecule is C/C=C/CCNC(C)c1cccc(Cl)c1Cl. The Hall–Kier alpha value is -0.500. The second-order valence-electron chi connectivity index (χ2n) is 3.68. The van der Waals surface area contributed by atoms with E-state index in [4.69, 9.17) is 23.2 Å². The van der Waals surface area contributed by atoms with Crippen molar-refractivity contribution in [3.63, 3.8) is 0 Å². The first kappa shape index (κ1) is 13.6. The van der Waals surface area contributed by atoms with Gasteiger partial charge in [0, 0.05) is 6.04 Å². The summed E-state index contributed by atoms with van der Waals surface area (Å²) in [5, 5.41) is 4.67. The summed E-state index contributed by atoms with van der Waals surface area (Å²) in [5.41, 5.74) is 1.05. The van der Waals surface area contributed by atoms with E-state index >= 15 is 0 Å². The smallest absolute Gasteiger partial charge is 0.0639 e. The van der Waals surface area contributed by atoms with E-state index < -0.39 is 0 Å². The molecule has 0 saturated heterocycles. The molecule has 1 unspecified atom stereocenters. The summed E-state index contributed by atoms with van der Waals surface area (Å²) >= 11 is 12.1. The van der Waals surface area contributed by atoms with Crippen LogP contribution in [0, 0.1) is 0 Å². The molecule has 0 aliphatic rings. The maximum atomic E-state index is 6.14. The average molecular weight is 258 g/mol. The molecule has 1 nitrogen and oxygen atoms in total. The van der Waals surface area contributed by atoms with Crippen LogP contribution in [0.3, 0.4) is 0 Å². The fraction of sp³-hybridized carbons (Fsp3) is 0.385. The molecule has 3 heteroatoms. The van der Waals surface area contributed by atoms with Gasteiger partial charge in [-0.3, -0.25) is 0 Å². The van der Waals surface area contributed by atoms with Crippen LogP contribution in [0.1, 0.15) is 31.9 Å². The van der Waals surface area contributed by atoms with Gasteiger partial charge in [-0.15, -0.1) is 0 Å². The lowest BCUT2D eigenvalue weighted by Crippen LogP contribution is -2.19. The summed E-state index contributed by atoms with van der Waals surface area (Å²) in [5.74, 6) is 0. The molecule has 88 valence electrons. The third-order valence-corrected chi connectivity index (χ3v) is 3.28. The topological polar surface area (TPSA) is 12.0 Å². The number of rotatable bonds is 5. The van der Waals surface area contributed by atoms with Crippen molar-refractivity contribution in [1.29, 1.82) is 0 Å². The number of halogens is 2. The maximum absolute atomic E-state index is 6.14. The lowest BCUT2D eigenvalue weighted by molar-refractivity contribution is 0.581. The monoisotopic (exact) mass is 257 g/mol. The summed E-state index contributed by atoms with van der Waals surface area (Å²) in [6.07, 6.45) is 5.22. The Labute approximate surface area is 107 Å². The van der Waals surface area contributed by atoms with E-state index in [2.05, 4.69) is 24.4 Å². The van der Waals surface area contributed by atoms with Crippen molar-refractivity contribution in [2.45, 2.75) is 26.3 Å². The zero-order valence-electron chi connectivity index (χ0n) is 9.63. The molecule has 0 aromatic heterocycles. The van der Waals surface area contributed by atoms with Crippen LogP contribution >= 0.6 is 23.2 Å². The van der Waals surface area contributed by atoms with E-state index in [1.54, 1.807) is 6.07 Å².